The predicted octanol–water partition coefficient (Wildman–Crippen LogP) is 1.73. The summed E-state index contributed by atoms with van der Waals surface area (Å²) in [5, 5.41) is 9.47. The maximum Gasteiger partial charge on any atom is 0.315 e. The minimum absolute atomic E-state index is 0.0552. The Morgan fingerprint density at radius 2 is 2.30 bits per heavy atom. The molecule has 8 nitrogen and oxygen atoms in total. The van der Waals surface area contributed by atoms with Gasteiger partial charge in [0.2, 0.25) is 11.8 Å². The zero-order valence-corrected chi connectivity index (χ0v) is 13.1. The minimum Gasteiger partial charge on any atom is -0.481 e. The van der Waals surface area contributed by atoms with Gasteiger partial charge in [-0.2, -0.15) is 4.98 Å². The van der Waals surface area contributed by atoms with E-state index in [1.807, 2.05) is 6.07 Å². The van der Waals surface area contributed by atoms with Crippen LogP contribution in [-0.2, 0) is 6.54 Å². The van der Waals surface area contributed by atoms with Crippen molar-refractivity contribution >= 4 is 6.03 Å². The number of carbonyl (C=O) groups excluding carboxylic acids is 1. The highest BCUT2D eigenvalue weighted by atomic mass is 16.5. The third-order valence-electron chi connectivity index (χ3n) is 3.68. The average Bonchev–Trinajstić information content (AvgIpc) is 3.32. The van der Waals surface area contributed by atoms with Gasteiger partial charge < -0.3 is 19.9 Å². The largest absolute Gasteiger partial charge is 0.481 e. The summed E-state index contributed by atoms with van der Waals surface area (Å²) in [5.41, 5.74) is 0.971. The highest BCUT2D eigenvalue weighted by Crippen LogP contribution is 2.40. The quantitative estimate of drug-likeness (QED) is 0.841. The molecule has 23 heavy (non-hydrogen) atoms. The van der Waals surface area contributed by atoms with Gasteiger partial charge in [-0.05, 0) is 24.3 Å². The molecule has 1 aliphatic carbocycles. The van der Waals surface area contributed by atoms with Gasteiger partial charge >= 0.3 is 6.03 Å². The van der Waals surface area contributed by atoms with Crippen molar-refractivity contribution in [2.75, 3.05) is 7.11 Å². The number of hydrogen-bond acceptors (Lipinski definition) is 6. The van der Waals surface area contributed by atoms with Crippen molar-refractivity contribution in [3.05, 3.63) is 35.6 Å². The number of urea groups is 1. The number of carbonyl (C=O) groups is 1. The molecule has 2 N–H and O–H groups in total. The second kappa shape index (κ2) is 6.64. The molecule has 1 fully saturated rings. The summed E-state index contributed by atoms with van der Waals surface area (Å²) in [5.74, 6) is 1.93. The lowest BCUT2D eigenvalue weighted by Crippen LogP contribution is -2.38. The predicted molar refractivity (Wildman–Crippen MR) is 80.7 cm³/mol. The average molecular weight is 317 g/mol. The van der Waals surface area contributed by atoms with E-state index in [1.165, 1.54) is 0 Å². The second-order valence-electron chi connectivity index (χ2n) is 5.51. The molecule has 0 aromatic carbocycles. The van der Waals surface area contributed by atoms with Crippen molar-refractivity contribution in [3.63, 3.8) is 0 Å². The fourth-order valence-electron chi connectivity index (χ4n) is 2.36. The Morgan fingerprint density at radius 3 is 2.87 bits per heavy atom. The molecule has 1 unspecified atom stereocenters. The topological polar surface area (TPSA) is 102 Å². The van der Waals surface area contributed by atoms with Crippen LogP contribution in [0.1, 0.15) is 36.2 Å². The summed E-state index contributed by atoms with van der Waals surface area (Å²) in [6.45, 7) is 1.93. The van der Waals surface area contributed by atoms with Crippen molar-refractivity contribution < 1.29 is 14.1 Å². The summed E-state index contributed by atoms with van der Waals surface area (Å²) in [7, 11) is 1.58. The van der Waals surface area contributed by atoms with E-state index >= 15 is 0 Å². The maximum atomic E-state index is 12.1. The number of nitrogens with zero attached hydrogens (tertiary/aromatic N) is 3. The van der Waals surface area contributed by atoms with E-state index in [9.17, 15) is 4.79 Å². The van der Waals surface area contributed by atoms with Gasteiger partial charge in [0.05, 0.1) is 19.7 Å². The number of methoxy groups -OCH3 is 1. The van der Waals surface area contributed by atoms with E-state index in [0.717, 1.165) is 18.4 Å². The zero-order valence-electron chi connectivity index (χ0n) is 13.1. The van der Waals surface area contributed by atoms with Gasteiger partial charge in [0, 0.05) is 19.2 Å². The number of aryl methyl sites for hydroxylation is 1. The lowest BCUT2D eigenvalue weighted by atomic mass is 10.0. The fourth-order valence-corrected chi connectivity index (χ4v) is 2.36. The Kier molecular flexibility index (Phi) is 4.40. The van der Waals surface area contributed by atoms with Gasteiger partial charge in [0.1, 0.15) is 0 Å². The summed E-state index contributed by atoms with van der Waals surface area (Å²) in [6, 6.07) is 3.41. The number of pyridine rings is 1. The first kappa shape index (κ1) is 15.3. The molecule has 0 bridgehead atoms. The molecule has 1 saturated carbocycles. The molecule has 122 valence electrons. The standard InChI is InChI=1S/C15H19N5O3/c1-9-18-12(20-23-9)8-17-15(21)19-14(10-3-4-10)11-5-6-13(22-2)16-7-11/h5-7,10,14H,3-4,8H2,1-2H3,(H2,17,19,21). The third-order valence-corrected chi connectivity index (χ3v) is 3.68. The van der Waals surface area contributed by atoms with E-state index in [2.05, 4.69) is 25.8 Å². The van der Waals surface area contributed by atoms with Crippen LogP contribution in [-0.4, -0.2) is 28.3 Å². The van der Waals surface area contributed by atoms with Crippen LogP contribution < -0.4 is 15.4 Å². The Balaban J connectivity index is 1.59. The third kappa shape index (κ3) is 3.97. The van der Waals surface area contributed by atoms with Crippen molar-refractivity contribution in [2.45, 2.75) is 32.4 Å². The molecule has 0 saturated heterocycles. The molecule has 2 heterocycles. The molecule has 2 aromatic heterocycles. The molecule has 3 rings (SSSR count). The number of amides is 2. The van der Waals surface area contributed by atoms with Gasteiger partial charge in [0.25, 0.3) is 0 Å². The van der Waals surface area contributed by atoms with E-state index in [4.69, 9.17) is 9.26 Å². The zero-order chi connectivity index (χ0) is 16.2. The van der Waals surface area contributed by atoms with Crippen LogP contribution in [0.15, 0.2) is 22.9 Å². The van der Waals surface area contributed by atoms with Crippen LogP contribution in [0.4, 0.5) is 4.79 Å². The Labute approximate surface area is 133 Å². The van der Waals surface area contributed by atoms with Crippen LogP contribution in [0.3, 0.4) is 0 Å². The SMILES string of the molecule is COc1ccc(C(NC(=O)NCc2noc(C)n2)C2CC2)cn1. The van der Waals surface area contributed by atoms with Crippen LogP contribution in [0.5, 0.6) is 5.88 Å². The molecule has 8 heteroatoms. The van der Waals surface area contributed by atoms with Crippen LogP contribution in [0, 0.1) is 12.8 Å². The van der Waals surface area contributed by atoms with Crippen LogP contribution >= 0.6 is 0 Å². The first-order valence-corrected chi connectivity index (χ1v) is 7.49. The number of rotatable bonds is 6. The second-order valence-corrected chi connectivity index (χ2v) is 5.51. The first-order valence-electron chi connectivity index (χ1n) is 7.49. The van der Waals surface area contributed by atoms with Crippen LogP contribution in [0.2, 0.25) is 0 Å². The molecule has 0 spiro atoms. The van der Waals surface area contributed by atoms with E-state index in [0.29, 0.717) is 23.5 Å². The number of aromatic nitrogens is 3. The van der Waals surface area contributed by atoms with Gasteiger partial charge in [-0.15, -0.1) is 0 Å². The highest BCUT2D eigenvalue weighted by Gasteiger charge is 2.33. The summed E-state index contributed by atoms with van der Waals surface area (Å²) in [4.78, 5) is 20.4. The van der Waals surface area contributed by atoms with Crippen molar-refractivity contribution in [3.8, 4) is 5.88 Å². The van der Waals surface area contributed by atoms with Gasteiger partial charge in [-0.25, -0.2) is 9.78 Å². The molecule has 0 radical (unpaired) electrons. The van der Waals surface area contributed by atoms with E-state index < -0.39 is 0 Å². The summed E-state index contributed by atoms with van der Waals surface area (Å²) in [6.07, 6.45) is 3.94. The molecule has 1 atom stereocenters. The van der Waals surface area contributed by atoms with Gasteiger partial charge in [-0.1, -0.05) is 11.2 Å². The monoisotopic (exact) mass is 317 g/mol. The number of ether oxygens (including phenoxy) is 1. The summed E-state index contributed by atoms with van der Waals surface area (Å²) < 4.78 is 9.93. The smallest absolute Gasteiger partial charge is 0.315 e. The molecule has 2 amide bonds. The first-order chi connectivity index (χ1) is 11.2. The van der Waals surface area contributed by atoms with Crippen molar-refractivity contribution in [1.82, 2.24) is 25.8 Å². The molecular formula is C15H19N5O3. The molecular weight excluding hydrogens is 298 g/mol. The highest BCUT2D eigenvalue weighted by molar-refractivity contribution is 5.74. The Bertz CT molecular complexity index is 666. The Morgan fingerprint density at radius 1 is 1.48 bits per heavy atom. The van der Waals surface area contributed by atoms with Gasteiger partial charge in [-0.3, -0.25) is 0 Å². The molecule has 0 aliphatic heterocycles. The van der Waals surface area contributed by atoms with Crippen LogP contribution in [0.25, 0.3) is 0 Å². The van der Waals surface area contributed by atoms with Crippen molar-refractivity contribution in [1.29, 1.82) is 0 Å². The summed E-state index contributed by atoms with van der Waals surface area (Å²) >= 11 is 0. The Hall–Kier alpha value is -2.64. The molecule has 2 aromatic rings. The van der Waals surface area contributed by atoms with Gasteiger partial charge in [0.15, 0.2) is 5.82 Å². The van der Waals surface area contributed by atoms with E-state index in [-0.39, 0.29) is 18.6 Å². The van der Waals surface area contributed by atoms with E-state index in [1.54, 1.807) is 26.3 Å². The maximum absolute atomic E-state index is 12.1. The van der Waals surface area contributed by atoms with Crippen molar-refractivity contribution in [2.24, 2.45) is 5.92 Å². The number of hydrogen-bond donors (Lipinski definition) is 2. The number of nitrogens with one attached hydrogen (secondary N) is 2. The lowest BCUT2D eigenvalue weighted by Gasteiger charge is -2.18. The normalized spacial score (nSPS) is 15.0. The molecule has 1 aliphatic rings. The lowest BCUT2D eigenvalue weighted by molar-refractivity contribution is 0.234. The minimum atomic E-state index is -0.264. The fraction of sp³-hybridized carbons (Fsp3) is 0.467.